The Morgan fingerprint density at radius 2 is 1.90 bits per heavy atom. The number of hydrogen-bond acceptors (Lipinski definition) is 5. The second-order valence-electron chi connectivity index (χ2n) is 6.50. The van der Waals surface area contributed by atoms with Crippen molar-refractivity contribution >= 4 is 17.3 Å². The molecule has 0 aliphatic carbocycles. The van der Waals surface area contributed by atoms with Gasteiger partial charge in [-0.3, -0.25) is 4.79 Å². The molecule has 0 radical (unpaired) electrons. The van der Waals surface area contributed by atoms with Crippen molar-refractivity contribution < 1.29 is 27.4 Å². The Bertz CT molecular complexity index is 911. The monoisotopic (exact) mass is 407 g/mol. The molecule has 29 heavy (non-hydrogen) atoms. The molecule has 2 aromatic carbocycles. The zero-order valence-corrected chi connectivity index (χ0v) is 15.7. The molecule has 1 amide bonds. The molecule has 0 atom stereocenters. The van der Waals surface area contributed by atoms with Gasteiger partial charge < -0.3 is 15.2 Å². The number of nitrogen functional groups attached to an aromatic ring is 1. The van der Waals surface area contributed by atoms with Crippen molar-refractivity contribution in [2.24, 2.45) is 5.10 Å². The minimum absolute atomic E-state index is 0.0428. The predicted molar refractivity (Wildman–Crippen MR) is 102 cm³/mol. The van der Waals surface area contributed by atoms with Gasteiger partial charge in [0.15, 0.2) is 11.5 Å². The van der Waals surface area contributed by atoms with Gasteiger partial charge in [-0.1, -0.05) is 12.1 Å². The number of benzene rings is 2. The number of carbonyl (C=O) groups is 1. The Kier molecular flexibility index (Phi) is 5.95. The van der Waals surface area contributed by atoms with Gasteiger partial charge in [-0.15, -0.1) is 13.2 Å². The van der Waals surface area contributed by atoms with Crippen molar-refractivity contribution in [3.05, 3.63) is 53.6 Å². The third kappa shape index (κ3) is 5.40. The summed E-state index contributed by atoms with van der Waals surface area (Å²) >= 11 is 0. The first kappa shape index (κ1) is 20.5. The van der Waals surface area contributed by atoms with Crippen molar-refractivity contribution in [2.75, 3.05) is 19.4 Å². The molecule has 0 spiro atoms. The van der Waals surface area contributed by atoms with Crippen LogP contribution >= 0.6 is 0 Å². The van der Waals surface area contributed by atoms with Crippen LogP contribution in [-0.4, -0.2) is 36.6 Å². The number of methoxy groups -OCH3 is 1. The molecule has 0 aromatic heterocycles. The maximum absolute atomic E-state index is 12.7. The van der Waals surface area contributed by atoms with Crippen molar-refractivity contribution in [3.63, 3.8) is 0 Å². The van der Waals surface area contributed by atoms with Crippen LogP contribution < -0.4 is 15.2 Å². The maximum Gasteiger partial charge on any atom is 0.573 e. The number of carbonyl (C=O) groups excluding carboxylic acids is 1. The summed E-state index contributed by atoms with van der Waals surface area (Å²) in [7, 11) is 1.26. The second-order valence-corrected chi connectivity index (χ2v) is 6.50. The van der Waals surface area contributed by atoms with Gasteiger partial charge in [0, 0.05) is 17.8 Å². The van der Waals surface area contributed by atoms with Crippen molar-refractivity contribution in [1.82, 2.24) is 5.01 Å². The fraction of sp³-hybridized carbons (Fsp3) is 0.300. The number of ether oxygens (including phenoxy) is 2. The topological polar surface area (TPSA) is 77.2 Å². The Labute approximate surface area is 165 Å². The first-order chi connectivity index (χ1) is 13.7. The molecule has 2 N–H and O–H groups in total. The fourth-order valence-corrected chi connectivity index (χ4v) is 2.99. The van der Waals surface area contributed by atoms with Gasteiger partial charge in [-0.2, -0.15) is 5.10 Å². The van der Waals surface area contributed by atoms with Crippen molar-refractivity contribution in [2.45, 2.75) is 25.6 Å². The van der Waals surface area contributed by atoms with Crippen LogP contribution in [0.1, 0.15) is 24.0 Å². The molecule has 154 valence electrons. The van der Waals surface area contributed by atoms with Crippen LogP contribution in [0.3, 0.4) is 0 Å². The minimum atomic E-state index is -4.85. The molecule has 2 aromatic rings. The largest absolute Gasteiger partial charge is 0.573 e. The third-order valence-electron chi connectivity index (χ3n) is 4.37. The summed E-state index contributed by atoms with van der Waals surface area (Å²) in [6.45, 7) is 0.444. The zero-order chi connectivity index (χ0) is 21.0. The van der Waals surface area contributed by atoms with Crippen LogP contribution in [0.4, 0.5) is 18.9 Å². The Hall–Kier alpha value is -3.23. The van der Waals surface area contributed by atoms with Gasteiger partial charge in [0.2, 0.25) is 5.91 Å². The molecule has 0 fully saturated rings. The lowest BCUT2D eigenvalue weighted by Crippen LogP contribution is -2.33. The SMILES string of the molecule is COc1ccc(C2=NN(C(=O)Cc3ccc(N)cc3)CCC2)cc1OC(F)(F)F. The summed E-state index contributed by atoms with van der Waals surface area (Å²) in [5.41, 5.74) is 8.01. The van der Waals surface area contributed by atoms with Gasteiger partial charge in [-0.05, 0) is 48.7 Å². The van der Waals surface area contributed by atoms with Crippen LogP contribution in [0.15, 0.2) is 47.6 Å². The molecule has 0 bridgehead atoms. The highest BCUT2D eigenvalue weighted by molar-refractivity contribution is 6.02. The summed E-state index contributed by atoms with van der Waals surface area (Å²) in [6.07, 6.45) is -3.51. The van der Waals surface area contributed by atoms with E-state index >= 15 is 0 Å². The molecule has 9 heteroatoms. The minimum Gasteiger partial charge on any atom is -0.493 e. The molecule has 0 saturated heterocycles. The molecule has 1 aliphatic heterocycles. The highest BCUT2D eigenvalue weighted by Crippen LogP contribution is 2.33. The summed E-state index contributed by atoms with van der Waals surface area (Å²) in [5.74, 6) is -0.698. The van der Waals surface area contributed by atoms with Gasteiger partial charge in [-0.25, -0.2) is 5.01 Å². The number of hydrazone groups is 1. The quantitative estimate of drug-likeness (QED) is 0.766. The van der Waals surface area contributed by atoms with E-state index in [0.717, 1.165) is 5.56 Å². The van der Waals surface area contributed by atoms with Gasteiger partial charge in [0.25, 0.3) is 0 Å². The predicted octanol–water partition coefficient (Wildman–Crippen LogP) is 3.75. The smallest absolute Gasteiger partial charge is 0.493 e. The number of anilines is 1. The van der Waals surface area contributed by atoms with Crippen LogP contribution in [0.5, 0.6) is 11.5 Å². The fourth-order valence-electron chi connectivity index (χ4n) is 2.99. The average Bonchev–Trinajstić information content (AvgIpc) is 2.68. The maximum atomic E-state index is 12.7. The number of alkyl halides is 3. The Morgan fingerprint density at radius 3 is 2.55 bits per heavy atom. The zero-order valence-electron chi connectivity index (χ0n) is 15.7. The lowest BCUT2D eigenvalue weighted by molar-refractivity contribution is -0.275. The molecule has 3 rings (SSSR count). The molecule has 1 aliphatic rings. The number of nitrogens with zero attached hydrogens (tertiary/aromatic N) is 2. The summed E-state index contributed by atoms with van der Waals surface area (Å²) < 4.78 is 47.0. The van der Waals surface area contributed by atoms with E-state index in [0.29, 0.717) is 36.3 Å². The number of nitrogens with two attached hydrogens (primary N) is 1. The number of halogens is 3. The van der Waals surface area contributed by atoms with E-state index < -0.39 is 12.1 Å². The van der Waals surface area contributed by atoms with Gasteiger partial charge in [0.1, 0.15) is 0 Å². The molecule has 0 saturated carbocycles. The summed E-state index contributed by atoms with van der Waals surface area (Å²) in [4.78, 5) is 12.6. The Morgan fingerprint density at radius 1 is 1.17 bits per heavy atom. The van der Waals surface area contributed by atoms with E-state index in [1.54, 1.807) is 30.3 Å². The molecular weight excluding hydrogens is 387 g/mol. The van der Waals surface area contributed by atoms with E-state index in [4.69, 9.17) is 10.5 Å². The first-order valence-corrected chi connectivity index (χ1v) is 8.91. The van der Waals surface area contributed by atoms with E-state index in [9.17, 15) is 18.0 Å². The molecular formula is C20H20F3N3O3. The number of rotatable bonds is 5. The standard InChI is InChI=1S/C20H20F3N3O3/c1-28-17-9-6-14(12-18(17)29-20(21,22)23)16-3-2-10-26(25-16)19(27)11-13-4-7-15(24)8-5-13/h4-9,12H,2-3,10-11,24H2,1H3. The van der Waals surface area contributed by atoms with Crippen LogP contribution in [-0.2, 0) is 11.2 Å². The number of amides is 1. The van der Waals surface area contributed by atoms with E-state index in [1.807, 2.05) is 0 Å². The van der Waals surface area contributed by atoms with E-state index in [1.165, 1.54) is 24.3 Å². The average molecular weight is 407 g/mol. The first-order valence-electron chi connectivity index (χ1n) is 8.91. The van der Waals surface area contributed by atoms with E-state index in [2.05, 4.69) is 9.84 Å². The van der Waals surface area contributed by atoms with Gasteiger partial charge >= 0.3 is 6.36 Å². The number of hydrogen-bond donors (Lipinski definition) is 1. The lowest BCUT2D eigenvalue weighted by atomic mass is 10.0. The summed E-state index contributed by atoms with van der Waals surface area (Å²) in [6, 6.07) is 11.2. The summed E-state index contributed by atoms with van der Waals surface area (Å²) in [5, 5.41) is 5.71. The van der Waals surface area contributed by atoms with E-state index in [-0.39, 0.29) is 18.1 Å². The second kappa shape index (κ2) is 8.42. The lowest BCUT2D eigenvalue weighted by Gasteiger charge is -2.24. The highest BCUT2D eigenvalue weighted by Gasteiger charge is 2.33. The highest BCUT2D eigenvalue weighted by atomic mass is 19.4. The molecule has 6 nitrogen and oxygen atoms in total. The van der Waals surface area contributed by atoms with Crippen molar-refractivity contribution in [3.8, 4) is 11.5 Å². The van der Waals surface area contributed by atoms with Crippen molar-refractivity contribution in [1.29, 1.82) is 0 Å². The normalized spacial score (nSPS) is 14.3. The molecule has 1 heterocycles. The Balaban J connectivity index is 1.81. The third-order valence-corrected chi connectivity index (χ3v) is 4.37. The van der Waals surface area contributed by atoms with Crippen LogP contribution in [0.25, 0.3) is 0 Å². The van der Waals surface area contributed by atoms with Crippen LogP contribution in [0.2, 0.25) is 0 Å². The van der Waals surface area contributed by atoms with Crippen LogP contribution in [0, 0.1) is 0 Å². The molecule has 0 unspecified atom stereocenters. The van der Waals surface area contributed by atoms with Gasteiger partial charge in [0.05, 0.1) is 19.2 Å².